The molecule has 0 spiro atoms. The van der Waals surface area contributed by atoms with Gasteiger partial charge in [0.15, 0.2) is 0 Å². The second-order valence-electron chi connectivity index (χ2n) is 8.23. The molecular weight excluding hydrogens is 372 g/mol. The molecule has 8 heteroatoms. The van der Waals surface area contributed by atoms with Gasteiger partial charge in [-0.25, -0.2) is 14.3 Å². The molecule has 1 aromatic carbocycles. The number of rotatable bonds is 2. The molecule has 0 saturated heterocycles. The van der Waals surface area contributed by atoms with Crippen molar-refractivity contribution < 1.29 is 19.8 Å². The fourth-order valence-corrected chi connectivity index (χ4v) is 4.48. The van der Waals surface area contributed by atoms with E-state index in [1.807, 2.05) is 23.7 Å². The van der Waals surface area contributed by atoms with Gasteiger partial charge in [0, 0.05) is 37.5 Å². The third-order valence-corrected chi connectivity index (χ3v) is 6.02. The largest absolute Gasteiger partial charge is 0.465 e. The lowest BCUT2D eigenvalue weighted by Crippen LogP contribution is -2.45. The van der Waals surface area contributed by atoms with E-state index < -0.39 is 18.2 Å². The summed E-state index contributed by atoms with van der Waals surface area (Å²) in [6.07, 6.45) is -1.51. The molecule has 0 aliphatic carbocycles. The highest BCUT2D eigenvalue weighted by Gasteiger charge is 2.41. The zero-order chi connectivity index (χ0) is 20.9. The Kier molecular flexibility index (Phi) is 4.72. The summed E-state index contributed by atoms with van der Waals surface area (Å²) in [6, 6.07) is 7.75. The molecular formula is C21H26N4O4. The van der Waals surface area contributed by atoms with E-state index in [9.17, 15) is 19.8 Å². The zero-order valence-electron chi connectivity index (χ0n) is 16.9. The molecule has 2 N–H and O–H groups in total. The number of aromatic nitrogens is 2. The van der Waals surface area contributed by atoms with Gasteiger partial charge in [-0.05, 0) is 23.6 Å². The number of carbonyl (C=O) groups is 2. The first-order valence-electron chi connectivity index (χ1n) is 9.97. The normalized spacial score (nSPS) is 21.1. The van der Waals surface area contributed by atoms with E-state index in [0.29, 0.717) is 25.4 Å². The van der Waals surface area contributed by atoms with Crippen molar-refractivity contribution in [3.8, 4) is 5.69 Å². The Bertz CT molecular complexity index is 950. The maximum Gasteiger partial charge on any atom is 0.407 e. The maximum absolute atomic E-state index is 11.8. The summed E-state index contributed by atoms with van der Waals surface area (Å²) in [7, 11) is 0. The predicted molar refractivity (Wildman–Crippen MR) is 107 cm³/mol. The van der Waals surface area contributed by atoms with Gasteiger partial charge in [-0.1, -0.05) is 32.9 Å². The number of hydrogen-bond acceptors (Lipinski definition) is 3. The summed E-state index contributed by atoms with van der Waals surface area (Å²) >= 11 is 0. The molecule has 4 rings (SSSR count). The van der Waals surface area contributed by atoms with Crippen molar-refractivity contribution in [2.45, 2.75) is 45.1 Å². The molecule has 0 bridgehead atoms. The Morgan fingerprint density at radius 2 is 1.79 bits per heavy atom. The number of hydrogen-bond donors (Lipinski definition) is 2. The molecule has 1 aromatic heterocycles. The Morgan fingerprint density at radius 1 is 1.10 bits per heavy atom. The lowest BCUT2D eigenvalue weighted by Gasteiger charge is -2.35. The molecule has 2 aliphatic rings. The van der Waals surface area contributed by atoms with Crippen molar-refractivity contribution in [2.24, 2.45) is 0 Å². The molecule has 2 aliphatic heterocycles. The van der Waals surface area contributed by atoms with Crippen LogP contribution in [0.1, 0.15) is 61.2 Å². The predicted octanol–water partition coefficient (Wildman–Crippen LogP) is 3.67. The number of nitrogens with zero attached hydrogens (tertiary/aromatic N) is 4. The fraction of sp³-hybridized carbons (Fsp3) is 0.476. The van der Waals surface area contributed by atoms with E-state index >= 15 is 0 Å². The highest BCUT2D eigenvalue weighted by molar-refractivity contribution is 5.69. The van der Waals surface area contributed by atoms with E-state index in [0.717, 1.165) is 22.6 Å². The van der Waals surface area contributed by atoms with Crippen LogP contribution in [0.3, 0.4) is 0 Å². The number of carboxylic acid groups (broad SMARTS) is 2. The molecule has 154 valence electrons. The Balaban J connectivity index is 1.83. The first-order chi connectivity index (χ1) is 13.8. The Morgan fingerprint density at radius 3 is 2.38 bits per heavy atom. The van der Waals surface area contributed by atoms with Gasteiger partial charge in [-0.15, -0.1) is 0 Å². The molecule has 2 amide bonds. The van der Waals surface area contributed by atoms with Gasteiger partial charge in [0.1, 0.15) is 0 Å². The zero-order valence-corrected chi connectivity index (χ0v) is 16.9. The molecule has 0 radical (unpaired) electrons. The van der Waals surface area contributed by atoms with Crippen LogP contribution in [-0.4, -0.2) is 61.6 Å². The summed E-state index contributed by atoms with van der Waals surface area (Å²) in [5, 5.41) is 24.1. The second-order valence-corrected chi connectivity index (χ2v) is 8.23. The second kappa shape index (κ2) is 7.09. The Hall–Kier alpha value is -3.03. The van der Waals surface area contributed by atoms with E-state index in [1.165, 1.54) is 15.4 Å². The van der Waals surface area contributed by atoms with Gasteiger partial charge >= 0.3 is 12.2 Å². The fourth-order valence-electron chi connectivity index (χ4n) is 4.48. The average molecular weight is 398 g/mol. The summed E-state index contributed by atoms with van der Waals surface area (Å²) in [6.45, 7) is 7.00. The van der Waals surface area contributed by atoms with Gasteiger partial charge in [-0.3, -0.25) is 4.90 Å². The third-order valence-electron chi connectivity index (χ3n) is 6.02. The van der Waals surface area contributed by atoms with Gasteiger partial charge in [-0.2, -0.15) is 5.10 Å². The van der Waals surface area contributed by atoms with Crippen LogP contribution in [0.15, 0.2) is 24.3 Å². The van der Waals surface area contributed by atoms with E-state index in [1.54, 1.807) is 0 Å². The number of benzene rings is 1. The van der Waals surface area contributed by atoms with E-state index in [-0.39, 0.29) is 12.5 Å². The van der Waals surface area contributed by atoms with Crippen molar-refractivity contribution in [3.05, 3.63) is 46.8 Å². The van der Waals surface area contributed by atoms with Crippen LogP contribution >= 0.6 is 0 Å². The van der Waals surface area contributed by atoms with Crippen LogP contribution in [0.25, 0.3) is 5.69 Å². The van der Waals surface area contributed by atoms with Crippen LogP contribution in [0.5, 0.6) is 0 Å². The number of amides is 2. The lowest BCUT2D eigenvalue weighted by atomic mass is 9.93. The van der Waals surface area contributed by atoms with Crippen molar-refractivity contribution in [1.82, 2.24) is 19.6 Å². The first kappa shape index (κ1) is 19.3. The van der Waals surface area contributed by atoms with Gasteiger partial charge in [0.25, 0.3) is 0 Å². The van der Waals surface area contributed by atoms with Gasteiger partial charge in [0.05, 0.1) is 23.1 Å². The van der Waals surface area contributed by atoms with Crippen molar-refractivity contribution in [1.29, 1.82) is 0 Å². The molecule has 2 atom stereocenters. The summed E-state index contributed by atoms with van der Waals surface area (Å²) in [5.41, 5.74) is 4.85. The average Bonchev–Trinajstić information content (AvgIpc) is 3.00. The maximum atomic E-state index is 11.8. The first-order valence-corrected chi connectivity index (χ1v) is 9.97. The minimum atomic E-state index is -1.03. The highest BCUT2D eigenvalue weighted by atomic mass is 16.4. The van der Waals surface area contributed by atoms with Crippen LogP contribution in [0, 0.1) is 0 Å². The molecule has 8 nitrogen and oxygen atoms in total. The molecule has 29 heavy (non-hydrogen) atoms. The smallest absolute Gasteiger partial charge is 0.407 e. The standard InChI is InChI=1S/C21H26N4O4/c1-12(2)14-4-6-15(7-5-14)25-16-8-9-24(21(28)29)17-11-23(20(26)27)10-13(3)19(22-25)18(16)17/h4-7,12-13,17H,8-11H2,1-3H3,(H,26,27)(H,28,29). The van der Waals surface area contributed by atoms with Crippen LogP contribution in [-0.2, 0) is 6.42 Å². The lowest BCUT2D eigenvalue weighted by molar-refractivity contribution is 0.0953. The minimum Gasteiger partial charge on any atom is -0.465 e. The van der Waals surface area contributed by atoms with Crippen LogP contribution < -0.4 is 0 Å². The third kappa shape index (κ3) is 3.22. The molecule has 2 unspecified atom stereocenters. The summed E-state index contributed by atoms with van der Waals surface area (Å²) < 4.78 is 1.92. The SMILES string of the molecule is CC(C)c1ccc(-n2nc3c4c2CCN(C(=O)O)C4CN(C(=O)O)CC3C)cc1. The van der Waals surface area contributed by atoms with E-state index in [4.69, 9.17) is 5.10 Å². The van der Waals surface area contributed by atoms with E-state index in [2.05, 4.69) is 26.0 Å². The topological polar surface area (TPSA) is 98.9 Å². The van der Waals surface area contributed by atoms with Crippen molar-refractivity contribution in [2.75, 3.05) is 19.6 Å². The Labute approximate surface area is 169 Å². The minimum absolute atomic E-state index is 0.116. The monoisotopic (exact) mass is 398 g/mol. The molecule has 0 saturated carbocycles. The van der Waals surface area contributed by atoms with Crippen LogP contribution in [0.2, 0.25) is 0 Å². The molecule has 2 aromatic rings. The summed E-state index contributed by atoms with van der Waals surface area (Å²) in [4.78, 5) is 26.2. The van der Waals surface area contributed by atoms with Crippen molar-refractivity contribution in [3.63, 3.8) is 0 Å². The molecule has 3 heterocycles. The van der Waals surface area contributed by atoms with Gasteiger partial charge < -0.3 is 15.1 Å². The van der Waals surface area contributed by atoms with Gasteiger partial charge in [0.2, 0.25) is 0 Å². The van der Waals surface area contributed by atoms with Crippen LogP contribution in [0.4, 0.5) is 9.59 Å². The van der Waals surface area contributed by atoms with Crippen molar-refractivity contribution >= 4 is 12.2 Å². The summed E-state index contributed by atoms with van der Waals surface area (Å²) in [5.74, 6) is 0.321. The quantitative estimate of drug-likeness (QED) is 0.804. The highest BCUT2D eigenvalue weighted by Crippen LogP contribution is 2.40. The molecule has 0 fully saturated rings.